The van der Waals surface area contributed by atoms with Crippen LogP contribution >= 0.6 is 0 Å². The van der Waals surface area contributed by atoms with E-state index in [4.69, 9.17) is 5.11 Å². The van der Waals surface area contributed by atoms with Crippen molar-refractivity contribution in [2.24, 2.45) is 0 Å². The molecule has 0 heterocycles. The highest BCUT2D eigenvalue weighted by molar-refractivity contribution is 5.80. The van der Waals surface area contributed by atoms with E-state index >= 15 is 0 Å². The zero-order valence-electron chi connectivity index (χ0n) is 15.9. The van der Waals surface area contributed by atoms with E-state index in [0.717, 1.165) is 44.6 Å². The lowest BCUT2D eigenvalue weighted by molar-refractivity contribution is -0.131. The lowest BCUT2D eigenvalue weighted by Gasteiger charge is -2.09. The lowest BCUT2D eigenvalue weighted by atomic mass is 10.0. The van der Waals surface area contributed by atoms with Gasteiger partial charge in [0.15, 0.2) is 0 Å². The predicted octanol–water partition coefficient (Wildman–Crippen LogP) is 5.63. The third-order valence-electron chi connectivity index (χ3n) is 3.81. The third-order valence-corrected chi connectivity index (χ3v) is 3.81. The lowest BCUT2D eigenvalue weighted by Crippen LogP contribution is -2.05. The standard InChI is InChI=1S/C22H34O4/c1-2-3-10-15-20(23)17-12-9-13-18-21(24)16-11-7-5-4-6-8-14-19-22(25)26/h4-8,11,14,16,19-20,23-24H,2-3,9-10,12-13,15,17-18H2,1H3,(H,25,26). The van der Waals surface area contributed by atoms with Gasteiger partial charge in [-0.05, 0) is 25.3 Å². The van der Waals surface area contributed by atoms with Crippen molar-refractivity contribution in [2.45, 2.75) is 70.8 Å². The Morgan fingerprint density at radius 2 is 1.38 bits per heavy atom. The Morgan fingerprint density at radius 3 is 2.00 bits per heavy atom. The fourth-order valence-corrected chi connectivity index (χ4v) is 2.35. The molecular formula is C22H34O4. The van der Waals surface area contributed by atoms with Gasteiger partial charge in [-0.2, -0.15) is 0 Å². The molecule has 0 spiro atoms. The molecule has 0 aromatic carbocycles. The second-order valence-electron chi connectivity index (χ2n) is 6.26. The van der Waals surface area contributed by atoms with Gasteiger partial charge >= 0.3 is 5.97 Å². The molecule has 0 saturated heterocycles. The summed E-state index contributed by atoms with van der Waals surface area (Å²) in [5.74, 6) is -0.611. The highest BCUT2D eigenvalue weighted by Crippen LogP contribution is 2.13. The average Bonchev–Trinajstić information content (AvgIpc) is 2.60. The Balaban J connectivity index is 3.76. The van der Waals surface area contributed by atoms with E-state index in [-0.39, 0.29) is 6.10 Å². The molecule has 4 nitrogen and oxygen atoms in total. The van der Waals surface area contributed by atoms with Crippen molar-refractivity contribution in [3.8, 4) is 0 Å². The van der Waals surface area contributed by atoms with Gasteiger partial charge in [0.05, 0.1) is 11.9 Å². The largest absolute Gasteiger partial charge is 0.512 e. The Kier molecular flexibility index (Phi) is 16.3. The number of aliphatic hydroxyl groups excluding tert-OH is 2. The van der Waals surface area contributed by atoms with Gasteiger partial charge < -0.3 is 15.3 Å². The van der Waals surface area contributed by atoms with Crippen molar-refractivity contribution in [2.75, 3.05) is 0 Å². The van der Waals surface area contributed by atoms with Gasteiger partial charge in [-0.1, -0.05) is 81.6 Å². The Morgan fingerprint density at radius 1 is 0.808 bits per heavy atom. The van der Waals surface area contributed by atoms with Crippen molar-refractivity contribution in [1.29, 1.82) is 0 Å². The molecular weight excluding hydrogens is 328 g/mol. The first-order valence-corrected chi connectivity index (χ1v) is 9.53. The molecule has 0 bridgehead atoms. The van der Waals surface area contributed by atoms with E-state index in [0.29, 0.717) is 12.2 Å². The summed E-state index contributed by atoms with van der Waals surface area (Å²) in [7, 11) is 0. The number of aliphatic hydroxyl groups is 2. The number of aliphatic carboxylic acids is 1. The van der Waals surface area contributed by atoms with Crippen LogP contribution in [0.25, 0.3) is 0 Å². The van der Waals surface area contributed by atoms with Crippen molar-refractivity contribution >= 4 is 5.97 Å². The fraction of sp³-hybridized carbons (Fsp3) is 0.500. The summed E-state index contributed by atoms with van der Waals surface area (Å²) in [5.41, 5.74) is 0. The maximum Gasteiger partial charge on any atom is 0.328 e. The van der Waals surface area contributed by atoms with E-state index in [2.05, 4.69) is 6.92 Å². The van der Waals surface area contributed by atoms with Crippen LogP contribution in [0.15, 0.2) is 60.4 Å². The summed E-state index contributed by atoms with van der Waals surface area (Å²) in [4.78, 5) is 10.2. The molecule has 0 fully saturated rings. The molecule has 3 N–H and O–H groups in total. The number of allylic oxidation sites excluding steroid dienone is 9. The molecule has 0 radical (unpaired) electrons. The smallest absolute Gasteiger partial charge is 0.328 e. The molecule has 1 unspecified atom stereocenters. The molecule has 0 saturated carbocycles. The fourth-order valence-electron chi connectivity index (χ4n) is 2.35. The quantitative estimate of drug-likeness (QED) is 0.153. The van der Waals surface area contributed by atoms with Crippen LogP contribution in [0.2, 0.25) is 0 Å². The molecule has 146 valence electrons. The molecule has 26 heavy (non-hydrogen) atoms. The second kappa shape index (κ2) is 17.7. The Bertz CT molecular complexity index is 498. The van der Waals surface area contributed by atoms with Crippen molar-refractivity contribution in [3.05, 3.63) is 60.4 Å². The highest BCUT2D eigenvalue weighted by Gasteiger charge is 2.03. The minimum absolute atomic E-state index is 0.172. The van der Waals surface area contributed by atoms with Crippen LogP contribution in [0.4, 0.5) is 0 Å². The first-order valence-electron chi connectivity index (χ1n) is 9.53. The van der Waals surface area contributed by atoms with Gasteiger partial charge in [-0.25, -0.2) is 4.79 Å². The summed E-state index contributed by atoms with van der Waals surface area (Å²) in [6, 6.07) is 0. The van der Waals surface area contributed by atoms with Crippen LogP contribution in [0.3, 0.4) is 0 Å². The van der Waals surface area contributed by atoms with Gasteiger partial charge in [-0.15, -0.1) is 0 Å². The number of carboxylic acid groups (broad SMARTS) is 1. The van der Waals surface area contributed by atoms with Crippen LogP contribution in [0.5, 0.6) is 0 Å². The summed E-state index contributed by atoms with van der Waals surface area (Å²) in [5, 5.41) is 28.0. The maximum absolute atomic E-state index is 10.2. The van der Waals surface area contributed by atoms with Gasteiger partial charge in [-0.3, -0.25) is 0 Å². The van der Waals surface area contributed by atoms with Crippen LogP contribution in [0, 0.1) is 0 Å². The van der Waals surface area contributed by atoms with Crippen LogP contribution < -0.4 is 0 Å². The number of hydrogen-bond acceptors (Lipinski definition) is 3. The van der Waals surface area contributed by atoms with E-state index in [1.54, 1.807) is 42.5 Å². The minimum Gasteiger partial charge on any atom is -0.512 e. The Labute approximate surface area is 157 Å². The number of carbonyl (C=O) groups is 1. The van der Waals surface area contributed by atoms with Crippen LogP contribution in [0.1, 0.15) is 64.7 Å². The van der Waals surface area contributed by atoms with Crippen molar-refractivity contribution in [1.82, 2.24) is 0 Å². The Hall–Kier alpha value is -2.07. The van der Waals surface area contributed by atoms with E-state index < -0.39 is 5.97 Å². The van der Waals surface area contributed by atoms with E-state index in [1.165, 1.54) is 18.9 Å². The third kappa shape index (κ3) is 18.3. The van der Waals surface area contributed by atoms with E-state index in [1.807, 2.05) is 0 Å². The summed E-state index contributed by atoms with van der Waals surface area (Å²) >= 11 is 0. The summed E-state index contributed by atoms with van der Waals surface area (Å²) < 4.78 is 0. The van der Waals surface area contributed by atoms with Gasteiger partial charge in [0.25, 0.3) is 0 Å². The van der Waals surface area contributed by atoms with Crippen molar-refractivity contribution in [3.63, 3.8) is 0 Å². The average molecular weight is 363 g/mol. The zero-order valence-corrected chi connectivity index (χ0v) is 15.9. The molecule has 4 heteroatoms. The molecule has 0 aliphatic rings. The highest BCUT2D eigenvalue weighted by atomic mass is 16.4. The normalized spacial score (nSPS) is 14.3. The number of carboxylic acids is 1. The number of hydrogen-bond donors (Lipinski definition) is 3. The van der Waals surface area contributed by atoms with E-state index in [9.17, 15) is 15.0 Å². The minimum atomic E-state index is -0.970. The zero-order chi connectivity index (χ0) is 19.5. The molecule has 0 aliphatic carbocycles. The number of unbranched alkanes of at least 4 members (excludes halogenated alkanes) is 4. The number of rotatable bonds is 15. The van der Waals surface area contributed by atoms with Gasteiger partial charge in [0.1, 0.15) is 0 Å². The first-order chi connectivity index (χ1) is 12.6. The first kappa shape index (κ1) is 23.9. The molecule has 0 aliphatic heterocycles. The van der Waals surface area contributed by atoms with Crippen LogP contribution in [-0.4, -0.2) is 27.4 Å². The van der Waals surface area contributed by atoms with Gasteiger partial charge in [0.2, 0.25) is 0 Å². The summed E-state index contributed by atoms with van der Waals surface area (Å²) in [6.07, 6.45) is 23.4. The summed E-state index contributed by atoms with van der Waals surface area (Å²) in [6.45, 7) is 2.16. The molecule has 0 amide bonds. The van der Waals surface area contributed by atoms with Crippen molar-refractivity contribution < 1.29 is 20.1 Å². The molecule has 0 aromatic heterocycles. The molecule has 1 atom stereocenters. The SMILES string of the molecule is CCCCCC(O)CCCCCC(O)=CC=CC=CC=CC=CC(=O)O. The van der Waals surface area contributed by atoms with Crippen LogP contribution in [-0.2, 0) is 4.79 Å². The second-order valence-corrected chi connectivity index (χ2v) is 6.26. The van der Waals surface area contributed by atoms with Gasteiger partial charge in [0, 0.05) is 12.5 Å². The maximum atomic E-state index is 10.2. The molecule has 0 aromatic rings. The molecule has 0 rings (SSSR count). The monoisotopic (exact) mass is 362 g/mol. The predicted molar refractivity (Wildman–Crippen MR) is 108 cm³/mol. The topological polar surface area (TPSA) is 77.8 Å².